The number of hydrogen-bond acceptors (Lipinski definition) is 1. The van der Waals surface area contributed by atoms with Crippen LogP contribution in [0.2, 0.25) is 19.6 Å². The van der Waals surface area contributed by atoms with E-state index in [9.17, 15) is 4.39 Å². The standard InChI is InChI=1S/C10H19FOSi/c1-6-8-10(11,9-7-2)12-13(3,4)5/h6-7H,1-2,8-9H2,3-5H3. The van der Waals surface area contributed by atoms with Gasteiger partial charge in [-0.05, 0) is 19.6 Å². The van der Waals surface area contributed by atoms with E-state index in [1.54, 1.807) is 12.2 Å². The van der Waals surface area contributed by atoms with Gasteiger partial charge in [0.1, 0.15) is 0 Å². The van der Waals surface area contributed by atoms with Crippen LogP contribution >= 0.6 is 0 Å². The summed E-state index contributed by atoms with van der Waals surface area (Å²) in [7, 11) is -1.84. The van der Waals surface area contributed by atoms with Crippen molar-refractivity contribution in [2.45, 2.75) is 38.3 Å². The quantitative estimate of drug-likeness (QED) is 0.472. The van der Waals surface area contributed by atoms with Crippen molar-refractivity contribution in [3.05, 3.63) is 25.3 Å². The third-order valence-electron chi connectivity index (χ3n) is 1.39. The molecule has 0 aromatic heterocycles. The first kappa shape index (κ1) is 12.6. The molecular formula is C10H19FOSi. The van der Waals surface area contributed by atoms with E-state index < -0.39 is 14.2 Å². The molecule has 0 aliphatic heterocycles. The minimum atomic E-state index is -1.84. The Labute approximate surface area is 81.4 Å². The zero-order chi connectivity index (χ0) is 10.5. The van der Waals surface area contributed by atoms with Crippen molar-refractivity contribution in [3.8, 4) is 0 Å². The largest absolute Gasteiger partial charge is 0.387 e. The van der Waals surface area contributed by atoms with Crippen LogP contribution in [0.15, 0.2) is 25.3 Å². The molecule has 0 heterocycles. The zero-order valence-electron chi connectivity index (χ0n) is 8.77. The van der Waals surface area contributed by atoms with E-state index in [-0.39, 0.29) is 12.8 Å². The normalized spacial score (nSPS) is 12.6. The van der Waals surface area contributed by atoms with Crippen molar-refractivity contribution in [3.63, 3.8) is 0 Å². The Morgan fingerprint density at radius 3 is 1.85 bits per heavy atom. The first-order valence-electron chi connectivity index (χ1n) is 4.44. The second kappa shape index (κ2) is 4.72. The van der Waals surface area contributed by atoms with Gasteiger partial charge in [0.2, 0.25) is 5.85 Å². The molecule has 0 bridgehead atoms. The Morgan fingerprint density at radius 2 is 1.62 bits per heavy atom. The molecule has 13 heavy (non-hydrogen) atoms. The van der Waals surface area contributed by atoms with Gasteiger partial charge < -0.3 is 4.43 Å². The fraction of sp³-hybridized carbons (Fsp3) is 0.600. The first-order chi connectivity index (χ1) is 5.83. The van der Waals surface area contributed by atoms with Gasteiger partial charge in [-0.2, -0.15) is 0 Å². The molecule has 0 fully saturated rings. The molecule has 0 aliphatic carbocycles. The molecule has 0 saturated heterocycles. The zero-order valence-corrected chi connectivity index (χ0v) is 9.77. The van der Waals surface area contributed by atoms with Crippen LogP contribution in [-0.4, -0.2) is 14.2 Å². The van der Waals surface area contributed by atoms with Gasteiger partial charge in [-0.15, -0.1) is 13.2 Å². The summed E-state index contributed by atoms with van der Waals surface area (Å²) in [6, 6.07) is 0. The third-order valence-corrected chi connectivity index (χ3v) is 2.37. The van der Waals surface area contributed by atoms with E-state index in [0.717, 1.165) is 0 Å². The van der Waals surface area contributed by atoms with Crippen molar-refractivity contribution in [2.24, 2.45) is 0 Å². The van der Waals surface area contributed by atoms with Crippen molar-refractivity contribution in [1.29, 1.82) is 0 Å². The van der Waals surface area contributed by atoms with Gasteiger partial charge in [-0.3, -0.25) is 0 Å². The van der Waals surface area contributed by atoms with Crippen molar-refractivity contribution in [2.75, 3.05) is 0 Å². The summed E-state index contributed by atoms with van der Waals surface area (Å²) in [6.45, 7) is 12.9. The molecule has 0 unspecified atom stereocenters. The van der Waals surface area contributed by atoms with Gasteiger partial charge >= 0.3 is 0 Å². The fourth-order valence-electron chi connectivity index (χ4n) is 1.15. The molecule has 0 N–H and O–H groups in total. The summed E-state index contributed by atoms with van der Waals surface area (Å²) < 4.78 is 19.4. The maximum Gasteiger partial charge on any atom is 0.207 e. The summed E-state index contributed by atoms with van der Waals surface area (Å²) >= 11 is 0. The van der Waals surface area contributed by atoms with Crippen molar-refractivity contribution < 1.29 is 8.82 Å². The van der Waals surface area contributed by atoms with Gasteiger partial charge in [0, 0.05) is 12.8 Å². The molecule has 0 aromatic carbocycles. The van der Waals surface area contributed by atoms with Crippen LogP contribution in [0.1, 0.15) is 12.8 Å². The van der Waals surface area contributed by atoms with Crippen LogP contribution in [0.25, 0.3) is 0 Å². The summed E-state index contributed by atoms with van der Waals surface area (Å²) in [5.74, 6) is -1.59. The highest BCUT2D eigenvalue weighted by Gasteiger charge is 2.33. The Bertz CT molecular complexity index is 174. The van der Waals surface area contributed by atoms with E-state index in [2.05, 4.69) is 13.2 Å². The monoisotopic (exact) mass is 202 g/mol. The Morgan fingerprint density at radius 1 is 1.23 bits per heavy atom. The lowest BCUT2D eigenvalue weighted by atomic mass is 10.1. The number of rotatable bonds is 6. The smallest absolute Gasteiger partial charge is 0.207 e. The van der Waals surface area contributed by atoms with Crippen LogP contribution < -0.4 is 0 Å². The van der Waals surface area contributed by atoms with E-state index in [1.165, 1.54) is 0 Å². The molecule has 76 valence electrons. The average molecular weight is 202 g/mol. The van der Waals surface area contributed by atoms with Crippen LogP contribution in [0.3, 0.4) is 0 Å². The van der Waals surface area contributed by atoms with E-state index in [1.807, 2.05) is 19.6 Å². The molecule has 3 heteroatoms. The van der Waals surface area contributed by atoms with Gasteiger partial charge in [-0.1, -0.05) is 12.2 Å². The molecule has 0 atom stereocenters. The predicted octanol–water partition coefficient (Wildman–Crippen LogP) is 3.66. The molecule has 0 aliphatic rings. The highest BCUT2D eigenvalue weighted by atomic mass is 28.4. The minimum Gasteiger partial charge on any atom is -0.387 e. The lowest BCUT2D eigenvalue weighted by Gasteiger charge is -2.30. The van der Waals surface area contributed by atoms with Gasteiger partial charge in [0.05, 0.1) is 0 Å². The van der Waals surface area contributed by atoms with Gasteiger partial charge in [0.15, 0.2) is 8.32 Å². The van der Waals surface area contributed by atoms with Crippen LogP contribution in [0.5, 0.6) is 0 Å². The predicted molar refractivity (Wildman–Crippen MR) is 57.9 cm³/mol. The Hall–Kier alpha value is -0.413. The van der Waals surface area contributed by atoms with Crippen LogP contribution in [0, 0.1) is 0 Å². The Kier molecular flexibility index (Phi) is 4.57. The minimum absolute atomic E-state index is 0.225. The summed E-state index contributed by atoms with van der Waals surface area (Å²) in [5.41, 5.74) is 0. The second-order valence-electron chi connectivity index (χ2n) is 4.08. The molecule has 0 spiro atoms. The number of halogens is 1. The van der Waals surface area contributed by atoms with E-state index in [0.29, 0.717) is 0 Å². The van der Waals surface area contributed by atoms with E-state index in [4.69, 9.17) is 4.43 Å². The van der Waals surface area contributed by atoms with Gasteiger partial charge in [0.25, 0.3) is 0 Å². The molecule has 0 rings (SSSR count). The van der Waals surface area contributed by atoms with Crippen LogP contribution in [0.4, 0.5) is 4.39 Å². The summed E-state index contributed by atoms with van der Waals surface area (Å²) in [5, 5.41) is 0. The topological polar surface area (TPSA) is 9.23 Å². The van der Waals surface area contributed by atoms with Gasteiger partial charge in [-0.25, -0.2) is 4.39 Å². The van der Waals surface area contributed by atoms with Crippen molar-refractivity contribution in [1.82, 2.24) is 0 Å². The second-order valence-corrected chi connectivity index (χ2v) is 8.51. The lowest BCUT2D eigenvalue weighted by molar-refractivity contribution is -0.0634. The number of alkyl halides is 1. The lowest BCUT2D eigenvalue weighted by Crippen LogP contribution is -2.38. The van der Waals surface area contributed by atoms with Crippen LogP contribution in [-0.2, 0) is 4.43 Å². The molecular weight excluding hydrogens is 183 g/mol. The third kappa shape index (κ3) is 5.77. The molecule has 0 amide bonds. The maximum absolute atomic E-state index is 14.0. The maximum atomic E-state index is 14.0. The SMILES string of the molecule is C=CCC(F)(CC=C)O[Si](C)(C)C. The Balaban J connectivity index is 4.39. The van der Waals surface area contributed by atoms with Crippen molar-refractivity contribution >= 4 is 8.32 Å². The summed E-state index contributed by atoms with van der Waals surface area (Å²) in [4.78, 5) is 0. The molecule has 1 nitrogen and oxygen atoms in total. The molecule has 0 radical (unpaired) electrons. The molecule has 0 aromatic rings. The highest BCUT2D eigenvalue weighted by Crippen LogP contribution is 2.27. The fourth-order valence-corrected chi connectivity index (χ4v) is 2.41. The average Bonchev–Trinajstić information content (AvgIpc) is 1.82. The number of hydrogen-bond donors (Lipinski definition) is 0. The van der Waals surface area contributed by atoms with E-state index >= 15 is 0 Å². The molecule has 0 saturated carbocycles. The highest BCUT2D eigenvalue weighted by molar-refractivity contribution is 6.69. The first-order valence-corrected chi connectivity index (χ1v) is 7.85. The summed E-state index contributed by atoms with van der Waals surface area (Å²) in [6.07, 6.45) is 3.54.